The van der Waals surface area contributed by atoms with E-state index in [2.05, 4.69) is 10.1 Å². The molecule has 8 nitrogen and oxygen atoms in total. The van der Waals surface area contributed by atoms with Crippen LogP contribution in [0.5, 0.6) is 11.5 Å². The molecule has 1 aliphatic rings. The summed E-state index contributed by atoms with van der Waals surface area (Å²) in [7, 11) is 0. The summed E-state index contributed by atoms with van der Waals surface area (Å²) in [5, 5.41) is 2.48. The predicted octanol–water partition coefficient (Wildman–Crippen LogP) is 2.18. The molecule has 1 aromatic rings. The average molecular weight is 398 g/mol. The van der Waals surface area contributed by atoms with E-state index < -0.39 is 30.6 Å². The molecule has 0 bridgehead atoms. The molecule has 2 rings (SSSR count). The molecule has 1 atom stereocenters. The number of amides is 3. The number of benzene rings is 1. The van der Waals surface area contributed by atoms with Crippen LogP contribution in [0.2, 0.25) is 0 Å². The smallest absolute Gasteiger partial charge is 0.387 e. The standard InChI is InChI=1S/C18H20F2N2O6/c1-3-26-14-10-12(4-6-13(14)28-17(19)20)5-7-15(23)27-11(2)16(24)22-9-8-21-18(22)25/h4-7,10-11,17H,3,8-9H2,1-2H3,(H,21,25)/b7-5+/t11-/m1/s1. The Kier molecular flexibility index (Phi) is 7.30. The van der Waals surface area contributed by atoms with Gasteiger partial charge in [0.25, 0.3) is 5.91 Å². The first-order valence-corrected chi connectivity index (χ1v) is 8.51. The van der Waals surface area contributed by atoms with E-state index in [0.717, 1.165) is 11.0 Å². The molecule has 1 aliphatic heterocycles. The number of hydrogen-bond donors (Lipinski definition) is 1. The number of urea groups is 1. The maximum atomic E-state index is 12.4. The minimum absolute atomic E-state index is 0.0990. The topological polar surface area (TPSA) is 94.2 Å². The third-order valence-electron chi connectivity index (χ3n) is 3.66. The van der Waals surface area contributed by atoms with Gasteiger partial charge in [-0.05, 0) is 37.6 Å². The van der Waals surface area contributed by atoms with Gasteiger partial charge < -0.3 is 19.5 Å². The number of imide groups is 1. The zero-order chi connectivity index (χ0) is 20.7. The van der Waals surface area contributed by atoms with Gasteiger partial charge >= 0.3 is 18.6 Å². The first kappa shape index (κ1) is 21.1. The summed E-state index contributed by atoms with van der Waals surface area (Å²) in [6.45, 7) is 0.848. The molecule has 0 aliphatic carbocycles. The molecule has 1 N–H and O–H groups in total. The van der Waals surface area contributed by atoms with E-state index in [1.165, 1.54) is 31.2 Å². The van der Waals surface area contributed by atoms with Crippen LogP contribution in [-0.4, -0.2) is 55.2 Å². The van der Waals surface area contributed by atoms with Gasteiger partial charge in [-0.3, -0.25) is 9.69 Å². The summed E-state index contributed by atoms with van der Waals surface area (Å²) in [5.74, 6) is -1.45. The van der Waals surface area contributed by atoms with Crippen molar-refractivity contribution in [2.45, 2.75) is 26.6 Å². The van der Waals surface area contributed by atoms with Gasteiger partial charge in [-0.25, -0.2) is 9.59 Å². The Hall–Kier alpha value is -3.17. The number of carbonyl (C=O) groups excluding carboxylic acids is 3. The van der Waals surface area contributed by atoms with Crippen LogP contribution in [0.4, 0.5) is 13.6 Å². The van der Waals surface area contributed by atoms with Gasteiger partial charge in [-0.1, -0.05) is 6.07 Å². The number of rotatable bonds is 8. The Balaban J connectivity index is 1.99. The van der Waals surface area contributed by atoms with Gasteiger partial charge in [-0.15, -0.1) is 0 Å². The minimum Gasteiger partial charge on any atom is -0.490 e. The second-order valence-corrected chi connectivity index (χ2v) is 5.65. The van der Waals surface area contributed by atoms with E-state index in [1.807, 2.05) is 0 Å². The molecule has 1 fully saturated rings. The van der Waals surface area contributed by atoms with Crippen LogP contribution in [0, 0.1) is 0 Å². The van der Waals surface area contributed by atoms with Crippen molar-refractivity contribution in [3.8, 4) is 11.5 Å². The molecule has 0 aromatic heterocycles. The van der Waals surface area contributed by atoms with Crippen LogP contribution in [0.15, 0.2) is 24.3 Å². The van der Waals surface area contributed by atoms with Gasteiger partial charge in [-0.2, -0.15) is 8.78 Å². The van der Waals surface area contributed by atoms with Crippen molar-refractivity contribution < 1.29 is 37.4 Å². The molecule has 0 spiro atoms. The number of nitrogens with zero attached hydrogens (tertiary/aromatic N) is 1. The first-order chi connectivity index (χ1) is 13.3. The summed E-state index contributed by atoms with van der Waals surface area (Å²) in [4.78, 5) is 36.4. The highest BCUT2D eigenvalue weighted by molar-refractivity contribution is 5.99. The summed E-state index contributed by atoms with van der Waals surface area (Å²) < 4.78 is 39.4. The molecule has 1 aromatic carbocycles. The van der Waals surface area contributed by atoms with Crippen molar-refractivity contribution in [1.82, 2.24) is 10.2 Å². The van der Waals surface area contributed by atoms with E-state index in [4.69, 9.17) is 9.47 Å². The van der Waals surface area contributed by atoms with Gasteiger partial charge in [0, 0.05) is 19.2 Å². The third kappa shape index (κ3) is 5.66. The molecule has 10 heteroatoms. The Morgan fingerprint density at radius 1 is 1.32 bits per heavy atom. The Morgan fingerprint density at radius 2 is 2.07 bits per heavy atom. The summed E-state index contributed by atoms with van der Waals surface area (Å²) in [6.07, 6.45) is 1.31. The molecule has 1 saturated heterocycles. The van der Waals surface area contributed by atoms with Gasteiger partial charge in [0.05, 0.1) is 6.61 Å². The number of alkyl halides is 2. The highest BCUT2D eigenvalue weighted by Gasteiger charge is 2.31. The Bertz CT molecular complexity index is 768. The third-order valence-corrected chi connectivity index (χ3v) is 3.66. The number of ether oxygens (including phenoxy) is 3. The number of nitrogens with one attached hydrogen (secondary N) is 1. The summed E-state index contributed by atoms with van der Waals surface area (Å²) >= 11 is 0. The molecule has 152 valence electrons. The highest BCUT2D eigenvalue weighted by atomic mass is 19.3. The van der Waals surface area contributed by atoms with Crippen LogP contribution in [0.1, 0.15) is 19.4 Å². The second kappa shape index (κ2) is 9.67. The van der Waals surface area contributed by atoms with Gasteiger partial charge in [0.15, 0.2) is 17.6 Å². The van der Waals surface area contributed by atoms with E-state index in [-0.39, 0.29) is 24.7 Å². The van der Waals surface area contributed by atoms with Crippen LogP contribution in [0.3, 0.4) is 0 Å². The van der Waals surface area contributed by atoms with Gasteiger partial charge in [0.2, 0.25) is 0 Å². The van der Waals surface area contributed by atoms with Crippen LogP contribution in [0.25, 0.3) is 6.08 Å². The van der Waals surface area contributed by atoms with Gasteiger partial charge in [0.1, 0.15) is 0 Å². The lowest BCUT2D eigenvalue weighted by Crippen LogP contribution is -2.41. The first-order valence-electron chi connectivity index (χ1n) is 8.51. The second-order valence-electron chi connectivity index (χ2n) is 5.65. The van der Waals surface area contributed by atoms with E-state index in [9.17, 15) is 23.2 Å². The molecule has 0 saturated carbocycles. The van der Waals surface area contributed by atoms with Crippen LogP contribution >= 0.6 is 0 Å². The molecular weight excluding hydrogens is 378 g/mol. The molecular formula is C18H20F2N2O6. The lowest BCUT2D eigenvalue weighted by atomic mass is 10.2. The number of hydrogen-bond acceptors (Lipinski definition) is 6. The van der Waals surface area contributed by atoms with Crippen LogP contribution in [-0.2, 0) is 14.3 Å². The van der Waals surface area contributed by atoms with Crippen molar-refractivity contribution in [2.24, 2.45) is 0 Å². The number of carbonyl (C=O) groups is 3. The lowest BCUT2D eigenvalue weighted by molar-refractivity contribution is -0.153. The number of halogens is 2. The maximum Gasteiger partial charge on any atom is 0.387 e. The Labute approximate surface area is 160 Å². The van der Waals surface area contributed by atoms with Crippen molar-refractivity contribution in [3.63, 3.8) is 0 Å². The normalized spacial score (nSPS) is 14.9. The van der Waals surface area contributed by atoms with Crippen LogP contribution < -0.4 is 14.8 Å². The monoisotopic (exact) mass is 398 g/mol. The zero-order valence-corrected chi connectivity index (χ0v) is 15.3. The number of esters is 1. The molecule has 28 heavy (non-hydrogen) atoms. The predicted molar refractivity (Wildman–Crippen MR) is 93.9 cm³/mol. The highest BCUT2D eigenvalue weighted by Crippen LogP contribution is 2.30. The van der Waals surface area contributed by atoms with Crippen molar-refractivity contribution in [1.29, 1.82) is 0 Å². The minimum atomic E-state index is -2.99. The van der Waals surface area contributed by atoms with Crippen molar-refractivity contribution in [2.75, 3.05) is 19.7 Å². The quantitative estimate of drug-likeness (QED) is 0.533. The molecule has 3 amide bonds. The fourth-order valence-electron chi connectivity index (χ4n) is 2.42. The fraction of sp³-hybridized carbons (Fsp3) is 0.389. The average Bonchev–Trinajstić information content (AvgIpc) is 3.07. The van der Waals surface area contributed by atoms with Crippen molar-refractivity contribution >= 4 is 24.0 Å². The van der Waals surface area contributed by atoms with E-state index in [0.29, 0.717) is 12.1 Å². The molecule has 0 radical (unpaired) electrons. The van der Waals surface area contributed by atoms with E-state index in [1.54, 1.807) is 6.92 Å². The SMILES string of the molecule is CCOc1cc(/C=C/C(=O)O[C@H](C)C(=O)N2CCNC2=O)ccc1OC(F)F. The molecule has 1 heterocycles. The largest absolute Gasteiger partial charge is 0.490 e. The molecule has 0 unspecified atom stereocenters. The lowest BCUT2D eigenvalue weighted by Gasteiger charge is -2.17. The Morgan fingerprint density at radius 3 is 2.68 bits per heavy atom. The summed E-state index contributed by atoms with van der Waals surface area (Å²) in [5.41, 5.74) is 0.472. The van der Waals surface area contributed by atoms with Crippen molar-refractivity contribution in [3.05, 3.63) is 29.8 Å². The maximum absolute atomic E-state index is 12.4. The van der Waals surface area contributed by atoms with E-state index >= 15 is 0 Å². The zero-order valence-electron chi connectivity index (χ0n) is 15.3. The fourth-order valence-corrected chi connectivity index (χ4v) is 2.42. The summed E-state index contributed by atoms with van der Waals surface area (Å²) in [6, 6.07) is 3.64.